The molecular formula is C22H33NO2. The monoisotopic (exact) mass is 343 g/mol. The van der Waals surface area contributed by atoms with Crippen LogP contribution in [0.5, 0.6) is 5.75 Å². The van der Waals surface area contributed by atoms with Crippen molar-refractivity contribution in [3.8, 4) is 5.75 Å². The lowest BCUT2D eigenvalue weighted by Gasteiger charge is -2.53. The Morgan fingerprint density at radius 3 is 2.88 bits per heavy atom. The Balaban J connectivity index is 1.62. The fraction of sp³-hybridized carbons (Fsp3) is 0.727. The highest BCUT2D eigenvalue weighted by Gasteiger charge is 2.54. The van der Waals surface area contributed by atoms with Crippen LogP contribution in [0, 0.1) is 11.8 Å². The molecule has 0 bridgehead atoms. The van der Waals surface area contributed by atoms with Crippen LogP contribution in [0.2, 0.25) is 0 Å². The lowest BCUT2D eigenvalue weighted by atomic mass is 9.68. The van der Waals surface area contributed by atoms with E-state index in [9.17, 15) is 0 Å². The summed E-state index contributed by atoms with van der Waals surface area (Å²) in [4.78, 5) is 0. The van der Waals surface area contributed by atoms with Gasteiger partial charge in [-0.25, -0.2) is 0 Å². The number of nitrogens with one attached hydrogen (secondary N) is 1. The predicted octanol–water partition coefficient (Wildman–Crippen LogP) is 4.86. The zero-order chi connectivity index (χ0) is 17.5. The highest BCUT2D eigenvalue weighted by molar-refractivity contribution is 5.39. The standard InChI is InChI=1S/C22H33NO2/c1-16(2)8-6-11-21(3)18-14-22(12-7-13-23-22)15-24-20(18)17-9-4-5-10-19(17)25-21/h4-5,9-10,16,18,20,23H,6-8,11-15H2,1-3H3/t18-,20+,21-,22+/m0/s1. The summed E-state index contributed by atoms with van der Waals surface area (Å²) in [6, 6.07) is 8.51. The normalized spacial score (nSPS) is 37.0. The molecule has 138 valence electrons. The third kappa shape index (κ3) is 3.21. The highest BCUT2D eigenvalue weighted by Crippen LogP contribution is 2.53. The molecule has 4 rings (SSSR count). The van der Waals surface area contributed by atoms with Gasteiger partial charge in [0.05, 0.1) is 12.7 Å². The van der Waals surface area contributed by atoms with Gasteiger partial charge < -0.3 is 14.8 Å². The Bertz CT molecular complexity index is 608. The Kier molecular flexibility index (Phi) is 4.57. The Labute approximate surface area is 152 Å². The van der Waals surface area contributed by atoms with Gasteiger partial charge in [-0.15, -0.1) is 0 Å². The molecule has 0 saturated carbocycles. The van der Waals surface area contributed by atoms with E-state index in [-0.39, 0.29) is 17.2 Å². The van der Waals surface area contributed by atoms with Crippen molar-refractivity contribution in [2.75, 3.05) is 13.2 Å². The van der Waals surface area contributed by atoms with Gasteiger partial charge in [0, 0.05) is 17.0 Å². The number of fused-ring (bicyclic) bond motifs is 3. The molecule has 25 heavy (non-hydrogen) atoms. The van der Waals surface area contributed by atoms with E-state index in [0.29, 0.717) is 5.92 Å². The van der Waals surface area contributed by atoms with E-state index in [1.54, 1.807) is 0 Å². The van der Waals surface area contributed by atoms with E-state index in [4.69, 9.17) is 9.47 Å². The van der Waals surface area contributed by atoms with Gasteiger partial charge in [0.25, 0.3) is 0 Å². The molecule has 3 aliphatic heterocycles. The number of hydrogen-bond acceptors (Lipinski definition) is 3. The highest BCUT2D eigenvalue weighted by atomic mass is 16.5. The molecular weight excluding hydrogens is 310 g/mol. The lowest BCUT2D eigenvalue weighted by molar-refractivity contribution is -0.154. The van der Waals surface area contributed by atoms with Gasteiger partial charge >= 0.3 is 0 Å². The molecule has 3 aliphatic rings. The van der Waals surface area contributed by atoms with E-state index in [1.165, 1.54) is 37.7 Å². The van der Waals surface area contributed by atoms with Gasteiger partial charge in [0.1, 0.15) is 11.4 Å². The molecule has 1 aromatic carbocycles. The molecule has 0 unspecified atom stereocenters. The number of benzene rings is 1. The average Bonchev–Trinajstić information content (AvgIpc) is 3.03. The fourth-order valence-corrected chi connectivity index (χ4v) is 5.19. The van der Waals surface area contributed by atoms with Crippen molar-refractivity contribution in [2.24, 2.45) is 11.8 Å². The summed E-state index contributed by atoms with van der Waals surface area (Å²) >= 11 is 0. The first-order chi connectivity index (χ1) is 12.0. The second-order valence-corrected chi connectivity index (χ2v) is 9.09. The number of para-hydroxylation sites is 1. The van der Waals surface area contributed by atoms with Gasteiger partial charge in [-0.3, -0.25) is 0 Å². The van der Waals surface area contributed by atoms with Crippen LogP contribution in [0.15, 0.2) is 24.3 Å². The minimum Gasteiger partial charge on any atom is -0.487 e. The maximum atomic E-state index is 6.67. The van der Waals surface area contributed by atoms with E-state index in [0.717, 1.165) is 31.2 Å². The van der Waals surface area contributed by atoms with Crippen molar-refractivity contribution in [3.63, 3.8) is 0 Å². The first kappa shape index (κ1) is 17.4. The van der Waals surface area contributed by atoms with Crippen LogP contribution in [0.4, 0.5) is 0 Å². The SMILES string of the molecule is CC(C)CCC[C@]1(C)Oc2ccccc2[C@H]2OC[C@@]3(CCCN3)C[C@@H]21. The molecule has 0 radical (unpaired) electrons. The van der Waals surface area contributed by atoms with Crippen molar-refractivity contribution < 1.29 is 9.47 Å². The van der Waals surface area contributed by atoms with E-state index in [2.05, 4.69) is 50.4 Å². The minimum atomic E-state index is -0.133. The van der Waals surface area contributed by atoms with Crippen LogP contribution in [0.1, 0.15) is 71.0 Å². The van der Waals surface area contributed by atoms with Crippen LogP contribution in [-0.4, -0.2) is 24.3 Å². The molecule has 3 nitrogen and oxygen atoms in total. The van der Waals surface area contributed by atoms with Crippen molar-refractivity contribution >= 4 is 0 Å². The molecule has 0 aromatic heterocycles. The van der Waals surface area contributed by atoms with Crippen LogP contribution in [0.25, 0.3) is 0 Å². The molecule has 1 N–H and O–H groups in total. The zero-order valence-corrected chi connectivity index (χ0v) is 16.0. The molecule has 3 heterocycles. The van der Waals surface area contributed by atoms with E-state index in [1.807, 2.05) is 0 Å². The Morgan fingerprint density at radius 1 is 1.28 bits per heavy atom. The smallest absolute Gasteiger partial charge is 0.125 e. The maximum absolute atomic E-state index is 6.67. The van der Waals surface area contributed by atoms with Gasteiger partial charge in [-0.05, 0) is 57.6 Å². The molecule has 3 heteroatoms. The average molecular weight is 344 g/mol. The lowest BCUT2D eigenvalue weighted by Crippen LogP contribution is -2.58. The second-order valence-electron chi connectivity index (χ2n) is 9.09. The van der Waals surface area contributed by atoms with Crippen molar-refractivity contribution in [3.05, 3.63) is 29.8 Å². The third-order valence-electron chi connectivity index (χ3n) is 6.66. The molecule has 4 atom stereocenters. The van der Waals surface area contributed by atoms with Gasteiger partial charge in [0.2, 0.25) is 0 Å². The van der Waals surface area contributed by atoms with Gasteiger partial charge in [-0.1, -0.05) is 38.5 Å². The van der Waals surface area contributed by atoms with E-state index >= 15 is 0 Å². The van der Waals surface area contributed by atoms with Crippen LogP contribution in [0.3, 0.4) is 0 Å². The summed E-state index contributed by atoms with van der Waals surface area (Å²) in [5.41, 5.74) is 1.29. The van der Waals surface area contributed by atoms with Gasteiger partial charge in [0.15, 0.2) is 0 Å². The van der Waals surface area contributed by atoms with E-state index < -0.39 is 0 Å². The molecule has 1 aromatic rings. The van der Waals surface area contributed by atoms with Crippen LogP contribution < -0.4 is 10.1 Å². The van der Waals surface area contributed by atoms with Gasteiger partial charge in [-0.2, -0.15) is 0 Å². The number of rotatable bonds is 4. The molecule has 2 saturated heterocycles. The minimum absolute atomic E-state index is 0.133. The van der Waals surface area contributed by atoms with Crippen molar-refractivity contribution in [1.82, 2.24) is 5.32 Å². The summed E-state index contributed by atoms with van der Waals surface area (Å²) in [7, 11) is 0. The van der Waals surface area contributed by atoms with Crippen molar-refractivity contribution in [2.45, 2.75) is 76.5 Å². The summed E-state index contributed by atoms with van der Waals surface area (Å²) < 4.78 is 13.2. The number of ether oxygens (including phenoxy) is 2. The maximum Gasteiger partial charge on any atom is 0.125 e. The first-order valence-corrected chi connectivity index (χ1v) is 10.2. The topological polar surface area (TPSA) is 30.5 Å². The zero-order valence-electron chi connectivity index (χ0n) is 16.0. The predicted molar refractivity (Wildman–Crippen MR) is 101 cm³/mol. The first-order valence-electron chi connectivity index (χ1n) is 10.2. The molecule has 0 amide bonds. The number of hydrogen-bond donors (Lipinski definition) is 1. The Hall–Kier alpha value is -1.06. The molecule has 2 fully saturated rings. The summed E-state index contributed by atoms with van der Waals surface area (Å²) in [5, 5.41) is 3.76. The van der Waals surface area contributed by atoms with Crippen LogP contribution >= 0.6 is 0 Å². The summed E-state index contributed by atoms with van der Waals surface area (Å²) in [6.45, 7) is 8.91. The molecule has 0 aliphatic carbocycles. The molecule has 1 spiro atoms. The fourth-order valence-electron chi connectivity index (χ4n) is 5.19. The summed E-state index contributed by atoms with van der Waals surface area (Å²) in [5.74, 6) is 2.21. The largest absolute Gasteiger partial charge is 0.487 e. The summed E-state index contributed by atoms with van der Waals surface area (Å²) in [6.07, 6.45) is 7.45. The quantitative estimate of drug-likeness (QED) is 0.846. The third-order valence-corrected chi connectivity index (χ3v) is 6.66. The van der Waals surface area contributed by atoms with Crippen LogP contribution in [-0.2, 0) is 4.74 Å². The Morgan fingerprint density at radius 2 is 2.12 bits per heavy atom. The van der Waals surface area contributed by atoms with Crippen molar-refractivity contribution in [1.29, 1.82) is 0 Å². The second kappa shape index (κ2) is 6.59.